The highest BCUT2D eigenvalue weighted by Gasteiger charge is 2.34. The number of pyridine rings is 1. The lowest BCUT2D eigenvalue weighted by molar-refractivity contribution is 0.0968. The van der Waals surface area contributed by atoms with Crippen LogP contribution in [0.1, 0.15) is 48.9 Å². The van der Waals surface area contributed by atoms with E-state index in [0.717, 1.165) is 60.9 Å². The summed E-state index contributed by atoms with van der Waals surface area (Å²) in [6.07, 6.45) is 8.49. The number of carbonyl (C=O) groups excluding carboxylic acids is 1. The number of benzene rings is 2. The molecule has 2 saturated heterocycles. The summed E-state index contributed by atoms with van der Waals surface area (Å²) in [6.45, 7) is 5.44. The third kappa shape index (κ3) is 4.41. The Balaban J connectivity index is 1.37. The zero-order valence-electron chi connectivity index (χ0n) is 20.5. The van der Waals surface area contributed by atoms with Crippen LogP contribution in [-0.2, 0) is 0 Å². The number of nitrogen functional groups attached to an aromatic ring is 1. The van der Waals surface area contributed by atoms with Gasteiger partial charge in [0.05, 0.1) is 22.5 Å². The number of ketones is 1. The summed E-state index contributed by atoms with van der Waals surface area (Å²) in [4.78, 5) is 22.9. The topological polar surface area (TPSA) is 82.7 Å². The Morgan fingerprint density at radius 1 is 1.03 bits per heavy atom. The molecule has 1 saturated carbocycles. The highest BCUT2D eigenvalue weighted by Crippen LogP contribution is 2.41. The number of rotatable bonds is 6. The first kappa shape index (κ1) is 23.2. The number of halogens is 1. The number of aromatic hydroxyl groups is 1. The molecule has 0 atom stereocenters. The Bertz CT molecular complexity index is 1290. The lowest BCUT2D eigenvalue weighted by Crippen LogP contribution is -2.39. The summed E-state index contributed by atoms with van der Waals surface area (Å²) in [5.41, 5.74) is 9.67. The molecule has 0 bridgehead atoms. The van der Waals surface area contributed by atoms with Gasteiger partial charge in [0.25, 0.3) is 0 Å². The molecule has 3 N–H and O–H groups in total. The van der Waals surface area contributed by atoms with Gasteiger partial charge in [-0.1, -0.05) is 6.07 Å². The number of aromatic nitrogens is 1. The van der Waals surface area contributed by atoms with E-state index < -0.39 is 11.6 Å². The number of Topliss-reactive ketones (excluding diaryl/α,β-unsaturated/α-hetero) is 1. The number of hydrogen-bond donors (Lipinski definition) is 2. The number of nitrogens with zero attached hydrogens (tertiary/aromatic N) is 3. The van der Waals surface area contributed by atoms with Crippen molar-refractivity contribution < 1.29 is 14.3 Å². The highest BCUT2D eigenvalue weighted by molar-refractivity contribution is 6.10. The summed E-state index contributed by atoms with van der Waals surface area (Å²) >= 11 is 0. The first-order valence-electron chi connectivity index (χ1n) is 13.2. The second kappa shape index (κ2) is 9.36. The molecule has 36 heavy (non-hydrogen) atoms. The lowest BCUT2D eigenvalue weighted by atomic mass is 9.93. The minimum absolute atomic E-state index is 0.00109. The molecule has 3 heterocycles. The summed E-state index contributed by atoms with van der Waals surface area (Å²) in [6, 6.07) is 8.66. The Morgan fingerprint density at radius 3 is 2.47 bits per heavy atom. The fourth-order valence-electron chi connectivity index (χ4n) is 5.90. The van der Waals surface area contributed by atoms with Gasteiger partial charge >= 0.3 is 0 Å². The second-order valence-electron chi connectivity index (χ2n) is 10.7. The lowest BCUT2D eigenvalue weighted by Gasteiger charge is -2.36. The van der Waals surface area contributed by atoms with Crippen LogP contribution in [0.4, 0.5) is 15.8 Å². The summed E-state index contributed by atoms with van der Waals surface area (Å²) in [7, 11) is 0. The van der Waals surface area contributed by atoms with Crippen LogP contribution in [0.25, 0.3) is 22.0 Å². The van der Waals surface area contributed by atoms with Gasteiger partial charge in [-0.3, -0.25) is 9.78 Å². The van der Waals surface area contributed by atoms with Crippen molar-refractivity contribution in [3.05, 3.63) is 47.9 Å². The number of likely N-dealkylation sites (tertiary alicyclic amines) is 1. The van der Waals surface area contributed by atoms with Crippen molar-refractivity contribution in [1.82, 2.24) is 9.88 Å². The van der Waals surface area contributed by atoms with Crippen LogP contribution in [0, 0.1) is 17.7 Å². The molecule has 1 aromatic heterocycles. The largest absolute Gasteiger partial charge is 0.503 e. The summed E-state index contributed by atoms with van der Waals surface area (Å²) < 4.78 is 14.3. The first-order chi connectivity index (χ1) is 17.5. The fraction of sp³-hybridized carbons (Fsp3) is 0.448. The van der Waals surface area contributed by atoms with Crippen LogP contribution in [0.2, 0.25) is 0 Å². The molecule has 0 unspecified atom stereocenters. The molecule has 0 amide bonds. The van der Waals surface area contributed by atoms with Gasteiger partial charge in [-0.05, 0) is 92.9 Å². The van der Waals surface area contributed by atoms with Gasteiger partial charge in [-0.15, -0.1) is 0 Å². The molecule has 2 aliphatic heterocycles. The van der Waals surface area contributed by atoms with Gasteiger partial charge in [0, 0.05) is 37.1 Å². The van der Waals surface area contributed by atoms with Crippen molar-refractivity contribution in [3.63, 3.8) is 0 Å². The van der Waals surface area contributed by atoms with E-state index in [0.29, 0.717) is 17.0 Å². The van der Waals surface area contributed by atoms with E-state index in [2.05, 4.69) is 14.8 Å². The molecule has 0 radical (unpaired) electrons. The summed E-state index contributed by atoms with van der Waals surface area (Å²) in [5, 5.41) is 10.7. The Morgan fingerprint density at radius 2 is 1.78 bits per heavy atom. The molecule has 3 aliphatic rings. The van der Waals surface area contributed by atoms with Gasteiger partial charge in [0.2, 0.25) is 0 Å². The third-order valence-corrected chi connectivity index (χ3v) is 8.13. The van der Waals surface area contributed by atoms with E-state index in [9.17, 15) is 14.3 Å². The number of fused-ring (bicyclic) bond motifs is 1. The van der Waals surface area contributed by atoms with Crippen molar-refractivity contribution in [3.8, 4) is 16.9 Å². The number of carbonyl (C=O) groups is 1. The number of phenolic OH excluding ortho intramolecular Hbond substituents is 1. The quantitative estimate of drug-likeness (QED) is 0.281. The van der Waals surface area contributed by atoms with Gasteiger partial charge in [0.15, 0.2) is 17.3 Å². The zero-order valence-corrected chi connectivity index (χ0v) is 20.5. The molecule has 3 fully saturated rings. The van der Waals surface area contributed by atoms with E-state index in [-0.39, 0.29) is 17.4 Å². The number of piperidine rings is 1. The average Bonchev–Trinajstić information content (AvgIpc) is 3.62. The monoisotopic (exact) mass is 488 g/mol. The molecule has 0 spiro atoms. The normalized spacial score (nSPS) is 19.3. The third-order valence-electron chi connectivity index (χ3n) is 8.13. The zero-order chi connectivity index (χ0) is 24.8. The minimum Gasteiger partial charge on any atom is -0.503 e. The van der Waals surface area contributed by atoms with Gasteiger partial charge in [-0.2, -0.15) is 0 Å². The van der Waals surface area contributed by atoms with Crippen LogP contribution in [0.15, 0.2) is 36.5 Å². The first-order valence-corrected chi connectivity index (χ1v) is 13.2. The number of nitrogens with two attached hydrogens (primary N) is 1. The molecule has 1 aliphatic carbocycles. The fourth-order valence-corrected chi connectivity index (χ4v) is 5.90. The predicted molar refractivity (Wildman–Crippen MR) is 141 cm³/mol. The predicted octanol–water partition coefficient (Wildman–Crippen LogP) is 5.23. The molecule has 6 nitrogen and oxygen atoms in total. The molecule has 7 heteroatoms. The average molecular weight is 489 g/mol. The van der Waals surface area contributed by atoms with Crippen LogP contribution in [0.3, 0.4) is 0 Å². The molecular formula is C29H33FN4O2. The number of phenols is 1. The van der Waals surface area contributed by atoms with Crippen molar-refractivity contribution in [2.75, 3.05) is 43.4 Å². The Hall–Kier alpha value is -3.19. The number of anilines is 2. The van der Waals surface area contributed by atoms with Crippen molar-refractivity contribution in [2.24, 2.45) is 11.8 Å². The van der Waals surface area contributed by atoms with Crippen LogP contribution in [-0.4, -0.2) is 53.5 Å². The molecule has 6 rings (SSSR count). The number of hydrogen-bond acceptors (Lipinski definition) is 6. The molecule has 3 aromatic rings. The van der Waals surface area contributed by atoms with Crippen molar-refractivity contribution in [2.45, 2.75) is 38.5 Å². The highest BCUT2D eigenvalue weighted by atomic mass is 19.1. The maximum absolute atomic E-state index is 14.3. The SMILES string of the molecule is Nc1cc(-c2ccc3ncc(C(=O)C4CC4)c(N4CCC(CN5CCCC5)CC4)c3c2)cc(F)c1O. The van der Waals surface area contributed by atoms with E-state index in [1.54, 1.807) is 12.3 Å². The minimum atomic E-state index is -0.749. The van der Waals surface area contributed by atoms with Crippen LogP contribution < -0.4 is 10.6 Å². The van der Waals surface area contributed by atoms with Crippen molar-refractivity contribution >= 4 is 28.1 Å². The maximum Gasteiger partial charge on any atom is 0.174 e. The smallest absolute Gasteiger partial charge is 0.174 e. The Kier molecular flexibility index (Phi) is 6.04. The van der Waals surface area contributed by atoms with E-state index in [1.807, 2.05) is 18.2 Å². The summed E-state index contributed by atoms with van der Waals surface area (Å²) in [5.74, 6) is -0.306. The standard InChI is InChI=1S/C29H33FN4O2/c30-24-14-21(15-25(31)29(24)36)20-5-6-26-22(13-20)27(23(16-32-26)28(35)19-3-4-19)34-11-7-18(8-12-34)17-33-9-1-2-10-33/h5-6,13-16,18-19,36H,1-4,7-12,17,31H2. The molecule has 2 aromatic carbocycles. The molecule has 188 valence electrons. The van der Waals surface area contributed by atoms with E-state index in [1.165, 1.54) is 38.5 Å². The van der Waals surface area contributed by atoms with Gasteiger partial charge in [0.1, 0.15) is 0 Å². The van der Waals surface area contributed by atoms with Gasteiger partial charge in [-0.25, -0.2) is 4.39 Å². The van der Waals surface area contributed by atoms with Crippen LogP contribution >= 0.6 is 0 Å². The van der Waals surface area contributed by atoms with Gasteiger partial charge < -0.3 is 20.6 Å². The van der Waals surface area contributed by atoms with Crippen LogP contribution in [0.5, 0.6) is 5.75 Å². The Labute approximate surface area is 210 Å². The maximum atomic E-state index is 14.3. The van der Waals surface area contributed by atoms with Crippen molar-refractivity contribution in [1.29, 1.82) is 0 Å². The van der Waals surface area contributed by atoms with E-state index >= 15 is 0 Å². The van der Waals surface area contributed by atoms with E-state index in [4.69, 9.17) is 5.73 Å². The second-order valence-corrected chi connectivity index (χ2v) is 10.7. The molecular weight excluding hydrogens is 455 g/mol.